The maximum absolute atomic E-state index is 6.05. The van der Waals surface area contributed by atoms with Crippen molar-refractivity contribution in [2.24, 2.45) is 0 Å². The summed E-state index contributed by atoms with van der Waals surface area (Å²) in [6.07, 6.45) is 3.01. The van der Waals surface area contributed by atoms with Gasteiger partial charge in [-0.1, -0.05) is 39.1 Å². The van der Waals surface area contributed by atoms with Gasteiger partial charge in [-0.3, -0.25) is 0 Å². The lowest BCUT2D eigenvalue weighted by atomic mass is 10.3. The van der Waals surface area contributed by atoms with Crippen molar-refractivity contribution in [3.8, 4) is 0 Å². The molecule has 0 spiro atoms. The monoisotopic (exact) mass is 320 g/mol. The van der Waals surface area contributed by atoms with Crippen LogP contribution in [0.25, 0.3) is 0 Å². The van der Waals surface area contributed by atoms with Crippen molar-refractivity contribution in [2.45, 2.75) is 6.54 Å². The molecule has 0 radical (unpaired) electrons. The van der Waals surface area contributed by atoms with E-state index in [1.54, 1.807) is 18.3 Å². The lowest BCUT2D eigenvalue weighted by Gasteiger charge is -2.09. The fourth-order valence-electron chi connectivity index (χ4n) is 1.22. The second-order valence-electron chi connectivity index (χ2n) is 3.07. The first kappa shape index (κ1) is 11.8. The van der Waals surface area contributed by atoms with Crippen molar-refractivity contribution in [1.29, 1.82) is 0 Å². The number of anilines is 1. The highest BCUT2D eigenvalue weighted by Gasteiger charge is 2.07. The van der Waals surface area contributed by atoms with E-state index in [0.717, 1.165) is 10.2 Å². The number of benzene rings is 1. The van der Waals surface area contributed by atoms with Gasteiger partial charge in [0.05, 0.1) is 28.5 Å². The molecule has 1 aromatic carbocycles. The fraction of sp³-hybridized carbons (Fsp3) is 0.100. The molecule has 0 amide bonds. The average Bonchev–Trinajstić information content (AvgIpc) is 2.68. The average molecular weight is 322 g/mol. The molecule has 1 aromatic heterocycles. The number of nitrogens with one attached hydrogen (secondary N) is 1. The predicted octanol–water partition coefficient (Wildman–Crippen LogP) is 4.36. The molecule has 0 atom stereocenters. The Morgan fingerprint density at radius 2 is 2.00 bits per heavy atom. The Bertz CT molecular complexity index is 465. The molecule has 16 heavy (non-hydrogen) atoms. The van der Waals surface area contributed by atoms with Crippen LogP contribution in [0.15, 0.2) is 33.6 Å². The Kier molecular flexibility index (Phi) is 3.74. The van der Waals surface area contributed by atoms with Gasteiger partial charge in [-0.15, -0.1) is 0 Å². The van der Waals surface area contributed by atoms with Crippen LogP contribution in [0.3, 0.4) is 0 Å². The molecule has 84 valence electrons. The van der Waals surface area contributed by atoms with Crippen LogP contribution in [0.1, 0.15) is 5.76 Å². The Labute approximate surface area is 111 Å². The van der Waals surface area contributed by atoms with E-state index in [0.29, 0.717) is 22.3 Å². The van der Waals surface area contributed by atoms with Crippen molar-refractivity contribution < 1.29 is 4.42 Å². The summed E-state index contributed by atoms with van der Waals surface area (Å²) in [5.41, 5.74) is 0.683. The number of oxazole rings is 1. The van der Waals surface area contributed by atoms with E-state index in [-0.39, 0.29) is 0 Å². The molecule has 0 bridgehead atoms. The van der Waals surface area contributed by atoms with E-state index < -0.39 is 0 Å². The zero-order valence-electron chi connectivity index (χ0n) is 8.01. The molecule has 0 saturated carbocycles. The van der Waals surface area contributed by atoms with E-state index in [1.807, 2.05) is 0 Å². The van der Waals surface area contributed by atoms with Gasteiger partial charge in [-0.25, -0.2) is 4.98 Å². The zero-order valence-corrected chi connectivity index (χ0v) is 11.1. The Morgan fingerprint density at radius 3 is 2.56 bits per heavy atom. The van der Waals surface area contributed by atoms with Gasteiger partial charge in [-0.05, 0) is 12.1 Å². The van der Waals surface area contributed by atoms with Crippen LogP contribution in [0.2, 0.25) is 10.0 Å². The van der Waals surface area contributed by atoms with Crippen molar-refractivity contribution in [2.75, 3.05) is 5.32 Å². The van der Waals surface area contributed by atoms with Crippen LogP contribution in [0.4, 0.5) is 5.69 Å². The highest BCUT2D eigenvalue weighted by atomic mass is 79.9. The summed E-state index contributed by atoms with van der Waals surface area (Å²) in [4.78, 5) is 3.81. The van der Waals surface area contributed by atoms with E-state index >= 15 is 0 Å². The fourth-order valence-corrected chi connectivity index (χ4v) is 2.56. The van der Waals surface area contributed by atoms with E-state index in [2.05, 4.69) is 26.2 Å². The summed E-state index contributed by atoms with van der Waals surface area (Å²) in [6, 6.07) is 3.55. The van der Waals surface area contributed by atoms with Crippen LogP contribution < -0.4 is 5.32 Å². The lowest BCUT2D eigenvalue weighted by Crippen LogP contribution is -1.99. The van der Waals surface area contributed by atoms with E-state index in [9.17, 15) is 0 Å². The quantitative estimate of drug-likeness (QED) is 0.913. The maximum Gasteiger partial charge on any atom is 0.180 e. The third kappa shape index (κ3) is 2.70. The van der Waals surface area contributed by atoms with Crippen molar-refractivity contribution in [3.63, 3.8) is 0 Å². The standard InChI is InChI=1S/C10H7BrCl2N2O/c11-6-1-8(12)10(9(13)2-6)15-4-7-3-14-5-16-7/h1-3,5,15H,4H2. The number of aromatic nitrogens is 1. The Balaban J connectivity index is 2.15. The summed E-state index contributed by atoms with van der Waals surface area (Å²) in [5, 5.41) is 4.20. The van der Waals surface area contributed by atoms with Crippen LogP contribution >= 0.6 is 39.1 Å². The number of nitrogens with zero attached hydrogens (tertiary/aromatic N) is 1. The van der Waals surface area contributed by atoms with Crippen molar-refractivity contribution >= 4 is 44.8 Å². The number of rotatable bonds is 3. The highest BCUT2D eigenvalue weighted by molar-refractivity contribution is 9.10. The van der Waals surface area contributed by atoms with Crippen LogP contribution in [-0.4, -0.2) is 4.98 Å². The van der Waals surface area contributed by atoms with Crippen molar-refractivity contribution in [1.82, 2.24) is 4.98 Å². The molecule has 3 nitrogen and oxygen atoms in total. The van der Waals surface area contributed by atoms with Crippen LogP contribution in [-0.2, 0) is 6.54 Å². The third-order valence-electron chi connectivity index (χ3n) is 1.93. The number of halogens is 3. The largest absolute Gasteiger partial charge is 0.447 e. The van der Waals surface area contributed by atoms with Gasteiger partial charge in [0.2, 0.25) is 0 Å². The minimum Gasteiger partial charge on any atom is -0.447 e. The highest BCUT2D eigenvalue weighted by Crippen LogP contribution is 2.33. The summed E-state index contributed by atoms with van der Waals surface area (Å²) < 4.78 is 5.93. The SMILES string of the molecule is Clc1cc(Br)cc(Cl)c1NCc1cnco1. The predicted molar refractivity (Wildman–Crippen MR) is 68.0 cm³/mol. The van der Waals surface area contributed by atoms with Crippen LogP contribution in [0.5, 0.6) is 0 Å². The van der Waals surface area contributed by atoms with Gasteiger partial charge in [0.25, 0.3) is 0 Å². The first-order valence-electron chi connectivity index (χ1n) is 4.42. The smallest absolute Gasteiger partial charge is 0.180 e. The van der Waals surface area contributed by atoms with Crippen LogP contribution in [0, 0.1) is 0 Å². The minimum atomic E-state index is 0.487. The molecule has 2 rings (SSSR count). The summed E-state index contributed by atoms with van der Waals surface area (Å²) >= 11 is 15.4. The number of hydrogen-bond acceptors (Lipinski definition) is 3. The third-order valence-corrected chi connectivity index (χ3v) is 2.98. The van der Waals surface area contributed by atoms with Gasteiger partial charge in [0.15, 0.2) is 6.39 Å². The molecule has 0 aliphatic carbocycles. The van der Waals surface area contributed by atoms with E-state index in [4.69, 9.17) is 27.6 Å². The molecular formula is C10H7BrCl2N2O. The Hall–Kier alpha value is -0.710. The molecular weight excluding hydrogens is 315 g/mol. The lowest BCUT2D eigenvalue weighted by molar-refractivity contribution is 0.512. The normalized spacial score (nSPS) is 10.4. The molecule has 6 heteroatoms. The van der Waals surface area contributed by atoms with Gasteiger partial charge in [-0.2, -0.15) is 0 Å². The second kappa shape index (κ2) is 5.08. The first-order chi connectivity index (χ1) is 7.66. The summed E-state index contributed by atoms with van der Waals surface area (Å²) in [5.74, 6) is 0.718. The Morgan fingerprint density at radius 1 is 1.31 bits per heavy atom. The molecule has 0 unspecified atom stereocenters. The number of hydrogen-bond donors (Lipinski definition) is 1. The summed E-state index contributed by atoms with van der Waals surface area (Å²) in [7, 11) is 0. The van der Waals surface area contributed by atoms with Gasteiger partial charge in [0.1, 0.15) is 5.76 Å². The first-order valence-corrected chi connectivity index (χ1v) is 5.97. The molecule has 0 aliphatic rings. The minimum absolute atomic E-state index is 0.487. The molecule has 0 fully saturated rings. The molecule has 2 aromatic rings. The zero-order chi connectivity index (χ0) is 11.5. The molecule has 1 N–H and O–H groups in total. The molecule has 0 saturated heterocycles. The van der Waals surface area contributed by atoms with Gasteiger partial charge < -0.3 is 9.73 Å². The van der Waals surface area contributed by atoms with Gasteiger partial charge in [0, 0.05) is 4.47 Å². The summed E-state index contributed by atoms with van der Waals surface area (Å²) in [6.45, 7) is 0.487. The second-order valence-corrected chi connectivity index (χ2v) is 4.80. The molecule has 1 heterocycles. The van der Waals surface area contributed by atoms with E-state index in [1.165, 1.54) is 6.39 Å². The molecule has 0 aliphatic heterocycles. The van der Waals surface area contributed by atoms with Crippen molar-refractivity contribution in [3.05, 3.63) is 45.0 Å². The maximum atomic E-state index is 6.05. The van der Waals surface area contributed by atoms with Gasteiger partial charge >= 0.3 is 0 Å². The topological polar surface area (TPSA) is 38.1 Å².